The lowest BCUT2D eigenvalue weighted by atomic mass is 10.0. The molecule has 128 valence electrons. The van der Waals surface area contributed by atoms with Crippen molar-refractivity contribution in [1.82, 2.24) is 14.4 Å². The fourth-order valence-electron chi connectivity index (χ4n) is 4.31. The second kappa shape index (κ2) is 6.09. The van der Waals surface area contributed by atoms with Crippen LogP contribution in [-0.2, 0) is 11.3 Å². The quantitative estimate of drug-likeness (QED) is 0.860. The normalized spacial score (nSPS) is 25.0. The Kier molecular flexibility index (Phi) is 3.92. The van der Waals surface area contributed by atoms with Gasteiger partial charge in [-0.3, -0.25) is 9.36 Å². The third-order valence-corrected chi connectivity index (χ3v) is 5.51. The van der Waals surface area contributed by atoms with Crippen molar-refractivity contribution < 1.29 is 9.21 Å². The minimum Gasteiger partial charge on any atom is -0.408 e. The second-order valence-corrected chi connectivity index (χ2v) is 6.91. The first kappa shape index (κ1) is 15.4. The molecule has 2 aliphatic rings. The first-order chi connectivity index (χ1) is 11.6. The van der Waals surface area contributed by atoms with Gasteiger partial charge in [-0.15, -0.1) is 0 Å². The summed E-state index contributed by atoms with van der Waals surface area (Å²) in [6.07, 6.45) is 4.45. The van der Waals surface area contributed by atoms with Crippen molar-refractivity contribution in [1.29, 1.82) is 0 Å². The third-order valence-electron chi connectivity index (χ3n) is 5.51. The fraction of sp³-hybridized carbons (Fsp3) is 0.556. The van der Waals surface area contributed by atoms with Crippen LogP contribution in [0.5, 0.6) is 0 Å². The van der Waals surface area contributed by atoms with Crippen LogP contribution in [0.2, 0.25) is 0 Å². The van der Waals surface area contributed by atoms with Crippen LogP contribution in [0.15, 0.2) is 33.5 Å². The highest BCUT2D eigenvalue weighted by molar-refractivity contribution is 5.80. The monoisotopic (exact) mass is 329 g/mol. The van der Waals surface area contributed by atoms with Crippen molar-refractivity contribution in [2.45, 2.75) is 44.3 Å². The van der Waals surface area contributed by atoms with Crippen molar-refractivity contribution in [2.75, 3.05) is 20.1 Å². The maximum atomic E-state index is 12.9. The number of likely N-dealkylation sites (tertiary alicyclic amines) is 2. The van der Waals surface area contributed by atoms with Crippen molar-refractivity contribution >= 4 is 17.0 Å². The molecule has 6 heteroatoms. The predicted octanol–water partition coefficient (Wildman–Crippen LogP) is 1.68. The average molecular weight is 329 g/mol. The summed E-state index contributed by atoms with van der Waals surface area (Å²) in [6.45, 7) is 1.95. The van der Waals surface area contributed by atoms with Gasteiger partial charge in [-0.2, -0.15) is 0 Å². The number of hydrogen-bond acceptors (Lipinski definition) is 4. The number of likely N-dealkylation sites (N-methyl/N-ethyl adjacent to an activating group) is 1. The van der Waals surface area contributed by atoms with Crippen LogP contribution in [0, 0.1) is 0 Å². The molecule has 0 radical (unpaired) electrons. The van der Waals surface area contributed by atoms with E-state index in [-0.39, 0.29) is 18.5 Å². The fourth-order valence-corrected chi connectivity index (χ4v) is 4.31. The van der Waals surface area contributed by atoms with Crippen LogP contribution in [0.25, 0.3) is 11.1 Å². The zero-order valence-electron chi connectivity index (χ0n) is 14.0. The minimum absolute atomic E-state index is 0.0199. The van der Waals surface area contributed by atoms with E-state index in [1.165, 1.54) is 11.0 Å². The van der Waals surface area contributed by atoms with Crippen LogP contribution in [0.1, 0.15) is 25.7 Å². The molecule has 0 aliphatic carbocycles. The van der Waals surface area contributed by atoms with Gasteiger partial charge in [0.15, 0.2) is 5.58 Å². The molecule has 0 saturated carbocycles. The Labute approximate surface area is 140 Å². The van der Waals surface area contributed by atoms with Gasteiger partial charge < -0.3 is 14.2 Å². The van der Waals surface area contributed by atoms with Crippen LogP contribution in [0.3, 0.4) is 0 Å². The predicted molar refractivity (Wildman–Crippen MR) is 90.9 cm³/mol. The van der Waals surface area contributed by atoms with E-state index in [0.717, 1.165) is 32.4 Å². The van der Waals surface area contributed by atoms with Crippen LogP contribution >= 0.6 is 0 Å². The van der Waals surface area contributed by atoms with Gasteiger partial charge in [-0.25, -0.2) is 4.79 Å². The molecular weight excluding hydrogens is 306 g/mol. The van der Waals surface area contributed by atoms with E-state index < -0.39 is 5.76 Å². The lowest BCUT2D eigenvalue weighted by Crippen LogP contribution is -2.48. The summed E-state index contributed by atoms with van der Waals surface area (Å²) >= 11 is 0. The van der Waals surface area contributed by atoms with Gasteiger partial charge in [-0.05, 0) is 51.4 Å². The van der Waals surface area contributed by atoms with Crippen LogP contribution < -0.4 is 5.76 Å². The topological polar surface area (TPSA) is 58.7 Å². The SMILES string of the molecule is CN1CCC[C@H]1[C@@H]1CCCN1C(=O)Cn1c(=O)oc2ccccc21. The van der Waals surface area contributed by atoms with Gasteiger partial charge in [0.25, 0.3) is 0 Å². The highest BCUT2D eigenvalue weighted by atomic mass is 16.4. The molecule has 0 bridgehead atoms. The van der Waals surface area contributed by atoms with E-state index in [4.69, 9.17) is 4.42 Å². The van der Waals surface area contributed by atoms with Crippen molar-refractivity contribution in [2.24, 2.45) is 0 Å². The first-order valence-corrected chi connectivity index (χ1v) is 8.73. The molecule has 3 heterocycles. The summed E-state index contributed by atoms with van der Waals surface area (Å²) < 4.78 is 6.68. The Bertz CT molecular complexity index is 809. The maximum Gasteiger partial charge on any atom is 0.420 e. The summed E-state index contributed by atoms with van der Waals surface area (Å²) in [6, 6.07) is 7.98. The second-order valence-electron chi connectivity index (χ2n) is 6.91. The molecule has 0 spiro atoms. The molecule has 2 aliphatic heterocycles. The lowest BCUT2D eigenvalue weighted by Gasteiger charge is -2.33. The number of hydrogen-bond donors (Lipinski definition) is 0. The molecule has 4 rings (SSSR count). The number of aromatic nitrogens is 1. The lowest BCUT2D eigenvalue weighted by molar-refractivity contribution is -0.133. The molecule has 2 atom stereocenters. The highest BCUT2D eigenvalue weighted by Gasteiger charge is 2.38. The number of fused-ring (bicyclic) bond motifs is 1. The zero-order valence-corrected chi connectivity index (χ0v) is 14.0. The van der Waals surface area contributed by atoms with E-state index in [9.17, 15) is 9.59 Å². The molecule has 1 amide bonds. The maximum absolute atomic E-state index is 12.9. The molecule has 1 aromatic carbocycles. The van der Waals surface area contributed by atoms with E-state index in [1.54, 1.807) is 6.07 Å². The molecule has 2 aromatic rings. The molecule has 24 heavy (non-hydrogen) atoms. The molecule has 6 nitrogen and oxygen atoms in total. The largest absolute Gasteiger partial charge is 0.420 e. The standard InChI is InChI=1S/C18H23N3O3/c1-19-10-4-7-13(19)14-8-5-11-20(14)17(22)12-21-15-6-2-3-9-16(15)24-18(21)23/h2-3,6,9,13-14H,4-5,7-8,10-12H2,1H3/t13-,14-/m0/s1. The number of carbonyl (C=O) groups is 1. The van der Waals surface area contributed by atoms with Gasteiger partial charge in [0.2, 0.25) is 5.91 Å². The van der Waals surface area contributed by atoms with E-state index in [2.05, 4.69) is 11.9 Å². The Balaban J connectivity index is 1.57. The Hall–Kier alpha value is -2.08. The van der Waals surface area contributed by atoms with Gasteiger partial charge in [-0.1, -0.05) is 12.1 Å². The number of nitrogens with zero attached hydrogens (tertiary/aromatic N) is 3. The Morgan fingerprint density at radius 2 is 1.92 bits per heavy atom. The van der Waals surface area contributed by atoms with Crippen LogP contribution in [0.4, 0.5) is 0 Å². The summed E-state index contributed by atoms with van der Waals surface area (Å²) in [7, 11) is 2.15. The number of amides is 1. The molecule has 1 aromatic heterocycles. The number of para-hydroxylation sites is 2. The summed E-state index contributed by atoms with van der Waals surface area (Å²) in [5, 5.41) is 0. The molecule has 2 fully saturated rings. The smallest absolute Gasteiger partial charge is 0.408 e. The summed E-state index contributed by atoms with van der Waals surface area (Å²) in [4.78, 5) is 29.3. The Morgan fingerprint density at radius 1 is 1.17 bits per heavy atom. The highest BCUT2D eigenvalue weighted by Crippen LogP contribution is 2.29. The first-order valence-electron chi connectivity index (χ1n) is 8.73. The third kappa shape index (κ3) is 2.55. The van der Waals surface area contributed by atoms with E-state index in [0.29, 0.717) is 17.1 Å². The van der Waals surface area contributed by atoms with Crippen molar-refractivity contribution in [3.8, 4) is 0 Å². The molecule has 0 unspecified atom stereocenters. The number of rotatable bonds is 3. The summed E-state index contributed by atoms with van der Waals surface area (Å²) in [5.74, 6) is -0.440. The van der Waals surface area contributed by atoms with Gasteiger partial charge in [0.05, 0.1) is 5.52 Å². The number of benzene rings is 1. The zero-order chi connectivity index (χ0) is 16.7. The molecular formula is C18H23N3O3. The van der Waals surface area contributed by atoms with Crippen molar-refractivity contribution in [3.05, 3.63) is 34.8 Å². The van der Waals surface area contributed by atoms with Gasteiger partial charge in [0, 0.05) is 18.6 Å². The molecule has 0 N–H and O–H groups in total. The summed E-state index contributed by atoms with van der Waals surface area (Å²) in [5.41, 5.74) is 1.22. The molecule has 2 saturated heterocycles. The van der Waals surface area contributed by atoms with E-state index in [1.807, 2.05) is 23.1 Å². The number of carbonyl (C=O) groups excluding carboxylic acids is 1. The average Bonchev–Trinajstić information content (AvgIpc) is 3.27. The Morgan fingerprint density at radius 3 is 2.71 bits per heavy atom. The van der Waals surface area contributed by atoms with Crippen molar-refractivity contribution in [3.63, 3.8) is 0 Å². The van der Waals surface area contributed by atoms with E-state index >= 15 is 0 Å². The number of oxazole rings is 1. The van der Waals surface area contributed by atoms with Gasteiger partial charge >= 0.3 is 5.76 Å². The van der Waals surface area contributed by atoms with Crippen LogP contribution in [-0.4, -0.2) is 52.5 Å². The van der Waals surface area contributed by atoms with Gasteiger partial charge in [0.1, 0.15) is 6.54 Å². The minimum atomic E-state index is -0.460.